The summed E-state index contributed by atoms with van der Waals surface area (Å²) in [6.07, 6.45) is 4.30. The summed E-state index contributed by atoms with van der Waals surface area (Å²) < 4.78 is 13.6. The highest BCUT2D eigenvalue weighted by atomic mass is 35.5. The van der Waals surface area contributed by atoms with Crippen molar-refractivity contribution in [1.29, 1.82) is 0 Å². The SMILES string of the molecule is CC1CCN(C(=O)C2CC23CCNCC3)C1c1cccc(F)c1.Cl. The summed E-state index contributed by atoms with van der Waals surface area (Å²) in [4.78, 5) is 15.1. The van der Waals surface area contributed by atoms with Crippen LogP contribution in [-0.2, 0) is 4.79 Å². The number of hydrogen-bond acceptors (Lipinski definition) is 2. The van der Waals surface area contributed by atoms with Gasteiger partial charge in [0.1, 0.15) is 5.82 Å². The highest BCUT2D eigenvalue weighted by Gasteiger charge is 2.59. The van der Waals surface area contributed by atoms with Gasteiger partial charge in [-0.05, 0) is 67.8 Å². The number of nitrogens with one attached hydrogen (secondary N) is 1. The average molecular weight is 353 g/mol. The standard InChI is InChI=1S/C19H25FN2O.ClH/c1-13-5-10-22(17(13)14-3-2-4-15(20)11-14)18(23)16-12-19(16)6-8-21-9-7-19;/h2-4,11,13,16-17,21H,5-10,12H2,1H3;1H. The molecule has 1 N–H and O–H groups in total. The molecule has 3 fully saturated rings. The summed E-state index contributed by atoms with van der Waals surface area (Å²) >= 11 is 0. The van der Waals surface area contributed by atoms with E-state index >= 15 is 0 Å². The molecule has 1 aromatic carbocycles. The zero-order chi connectivity index (χ0) is 16.0. The van der Waals surface area contributed by atoms with Crippen LogP contribution in [0.1, 0.15) is 44.2 Å². The van der Waals surface area contributed by atoms with E-state index in [1.807, 2.05) is 11.0 Å². The molecule has 1 aromatic rings. The van der Waals surface area contributed by atoms with Gasteiger partial charge >= 0.3 is 0 Å². The Kier molecular flexibility index (Phi) is 4.89. The van der Waals surface area contributed by atoms with Crippen LogP contribution in [-0.4, -0.2) is 30.4 Å². The van der Waals surface area contributed by atoms with Gasteiger partial charge in [0, 0.05) is 12.5 Å². The van der Waals surface area contributed by atoms with Gasteiger partial charge in [-0.25, -0.2) is 4.39 Å². The van der Waals surface area contributed by atoms with Crippen LogP contribution in [0, 0.1) is 23.1 Å². The zero-order valence-electron chi connectivity index (χ0n) is 14.1. The van der Waals surface area contributed by atoms with Crippen LogP contribution in [0.25, 0.3) is 0 Å². The monoisotopic (exact) mass is 352 g/mol. The van der Waals surface area contributed by atoms with E-state index in [1.54, 1.807) is 12.1 Å². The molecule has 0 aromatic heterocycles. The van der Waals surface area contributed by atoms with Gasteiger partial charge in [0.15, 0.2) is 0 Å². The molecule has 2 saturated heterocycles. The number of hydrogen-bond donors (Lipinski definition) is 1. The molecule has 0 radical (unpaired) electrons. The lowest BCUT2D eigenvalue weighted by Gasteiger charge is -2.30. The van der Waals surface area contributed by atoms with Crippen LogP contribution < -0.4 is 5.32 Å². The lowest BCUT2D eigenvalue weighted by Crippen LogP contribution is -2.37. The number of carbonyl (C=O) groups excluding carboxylic acids is 1. The summed E-state index contributed by atoms with van der Waals surface area (Å²) in [5.41, 5.74) is 1.21. The largest absolute Gasteiger partial charge is 0.335 e. The molecule has 5 heteroatoms. The molecule has 3 aliphatic rings. The smallest absolute Gasteiger partial charge is 0.226 e. The lowest BCUT2D eigenvalue weighted by molar-refractivity contribution is -0.135. The fourth-order valence-corrected chi connectivity index (χ4v) is 4.77. The maximum atomic E-state index is 13.6. The molecule has 24 heavy (non-hydrogen) atoms. The van der Waals surface area contributed by atoms with Crippen molar-refractivity contribution < 1.29 is 9.18 Å². The fourth-order valence-electron chi connectivity index (χ4n) is 4.77. The van der Waals surface area contributed by atoms with Crippen molar-refractivity contribution >= 4 is 18.3 Å². The summed E-state index contributed by atoms with van der Waals surface area (Å²) in [6.45, 7) is 5.06. The van der Waals surface area contributed by atoms with Crippen LogP contribution in [0.2, 0.25) is 0 Å². The molecular weight excluding hydrogens is 327 g/mol. The Morgan fingerprint density at radius 3 is 2.79 bits per heavy atom. The van der Waals surface area contributed by atoms with Crippen LogP contribution in [0.5, 0.6) is 0 Å². The van der Waals surface area contributed by atoms with Crippen LogP contribution in [0.15, 0.2) is 24.3 Å². The second-order valence-corrected chi connectivity index (χ2v) is 7.67. The van der Waals surface area contributed by atoms with Crippen molar-refractivity contribution in [3.8, 4) is 0 Å². The zero-order valence-corrected chi connectivity index (χ0v) is 14.9. The van der Waals surface area contributed by atoms with Gasteiger partial charge < -0.3 is 10.2 Å². The van der Waals surface area contributed by atoms with E-state index in [1.165, 1.54) is 6.07 Å². The molecule has 2 heterocycles. The summed E-state index contributed by atoms with van der Waals surface area (Å²) in [6, 6.07) is 6.82. The van der Waals surface area contributed by atoms with Gasteiger partial charge in [0.2, 0.25) is 5.91 Å². The number of rotatable bonds is 2. The van der Waals surface area contributed by atoms with Crippen molar-refractivity contribution in [2.45, 2.75) is 38.6 Å². The van der Waals surface area contributed by atoms with Gasteiger partial charge in [0.25, 0.3) is 0 Å². The fraction of sp³-hybridized carbons (Fsp3) is 0.632. The first-order valence-electron chi connectivity index (χ1n) is 8.87. The molecule has 2 aliphatic heterocycles. The Bertz CT molecular complexity index is 617. The predicted octanol–water partition coefficient (Wildman–Crippen LogP) is 3.55. The predicted molar refractivity (Wildman–Crippen MR) is 94.5 cm³/mol. The van der Waals surface area contributed by atoms with E-state index < -0.39 is 0 Å². The van der Waals surface area contributed by atoms with Crippen LogP contribution >= 0.6 is 12.4 Å². The first kappa shape index (κ1) is 17.7. The van der Waals surface area contributed by atoms with E-state index in [2.05, 4.69) is 12.2 Å². The lowest BCUT2D eigenvalue weighted by atomic mass is 9.91. The number of benzene rings is 1. The first-order valence-corrected chi connectivity index (χ1v) is 8.87. The molecule has 3 atom stereocenters. The van der Waals surface area contributed by atoms with E-state index in [9.17, 15) is 9.18 Å². The number of nitrogens with zero attached hydrogens (tertiary/aromatic N) is 1. The van der Waals surface area contributed by atoms with Crippen LogP contribution in [0.3, 0.4) is 0 Å². The average Bonchev–Trinajstić information content (AvgIpc) is 3.08. The number of carbonyl (C=O) groups is 1. The normalized spacial score (nSPS) is 30.9. The summed E-state index contributed by atoms with van der Waals surface area (Å²) in [5.74, 6) is 0.690. The van der Waals surface area contributed by atoms with Gasteiger partial charge in [-0.1, -0.05) is 19.1 Å². The topological polar surface area (TPSA) is 32.3 Å². The minimum absolute atomic E-state index is 0. The van der Waals surface area contributed by atoms with Gasteiger partial charge in [-0.3, -0.25) is 4.79 Å². The van der Waals surface area contributed by atoms with E-state index in [-0.39, 0.29) is 35.6 Å². The third kappa shape index (κ3) is 2.95. The molecule has 4 rings (SSSR count). The third-order valence-corrected chi connectivity index (χ3v) is 6.26. The molecule has 1 saturated carbocycles. The second kappa shape index (κ2) is 6.64. The van der Waals surface area contributed by atoms with E-state index in [4.69, 9.17) is 0 Å². The molecule has 1 amide bonds. The first-order chi connectivity index (χ1) is 11.1. The van der Waals surface area contributed by atoms with Crippen molar-refractivity contribution in [3.63, 3.8) is 0 Å². The number of halogens is 2. The Labute approximate surface area is 149 Å². The molecule has 1 spiro atoms. The van der Waals surface area contributed by atoms with Crippen molar-refractivity contribution in [1.82, 2.24) is 10.2 Å². The minimum atomic E-state index is -0.213. The van der Waals surface area contributed by atoms with E-state index in [0.717, 1.165) is 50.9 Å². The van der Waals surface area contributed by atoms with Gasteiger partial charge in [-0.15, -0.1) is 12.4 Å². The Morgan fingerprint density at radius 2 is 2.08 bits per heavy atom. The van der Waals surface area contributed by atoms with Crippen LogP contribution in [0.4, 0.5) is 4.39 Å². The Balaban J connectivity index is 0.00000169. The summed E-state index contributed by atoms with van der Waals surface area (Å²) in [7, 11) is 0. The maximum Gasteiger partial charge on any atom is 0.226 e. The second-order valence-electron chi connectivity index (χ2n) is 7.67. The number of likely N-dealkylation sites (tertiary alicyclic amines) is 1. The van der Waals surface area contributed by atoms with Gasteiger partial charge in [-0.2, -0.15) is 0 Å². The minimum Gasteiger partial charge on any atom is -0.335 e. The van der Waals surface area contributed by atoms with Crippen molar-refractivity contribution in [3.05, 3.63) is 35.6 Å². The summed E-state index contributed by atoms with van der Waals surface area (Å²) in [5, 5.41) is 3.39. The highest BCUT2D eigenvalue weighted by Crippen LogP contribution is 2.60. The van der Waals surface area contributed by atoms with Crippen molar-refractivity contribution in [2.75, 3.05) is 19.6 Å². The Hall–Kier alpha value is -1.13. The molecule has 3 unspecified atom stereocenters. The molecule has 132 valence electrons. The van der Waals surface area contributed by atoms with Gasteiger partial charge in [0.05, 0.1) is 6.04 Å². The molecule has 3 nitrogen and oxygen atoms in total. The number of piperidine rings is 1. The highest BCUT2D eigenvalue weighted by molar-refractivity contribution is 5.85. The molecular formula is C19H26ClFN2O. The maximum absolute atomic E-state index is 13.6. The Morgan fingerprint density at radius 1 is 1.33 bits per heavy atom. The third-order valence-electron chi connectivity index (χ3n) is 6.26. The quantitative estimate of drug-likeness (QED) is 0.882. The van der Waals surface area contributed by atoms with Crippen molar-refractivity contribution in [2.24, 2.45) is 17.3 Å². The molecule has 0 bridgehead atoms. The van der Waals surface area contributed by atoms with E-state index in [0.29, 0.717) is 11.8 Å². The number of amides is 1. The molecule has 1 aliphatic carbocycles.